The fraction of sp³-hybridized carbons (Fsp3) is 0.737. The fourth-order valence-electron chi connectivity index (χ4n) is 4.28. The number of hydrogen-bond acceptors (Lipinski definition) is 6. The Labute approximate surface area is 159 Å². The number of carbonyl (C=O) groups excluding carboxylic acids is 1. The molecule has 1 aromatic heterocycles. The molecule has 2 fully saturated rings. The molecule has 8 heteroatoms. The Balaban J connectivity index is 1.67. The maximum atomic E-state index is 12.8. The first kappa shape index (κ1) is 20.0. The maximum Gasteiger partial charge on any atom is 0.345 e. The van der Waals surface area contributed by atoms with Crippen LogP contribution in [-0.2, 0) is 11.2 Å². The molecule has 8 nitrogen and oxygen atoms in total. The van der Waals surface area contributed by atoms with Crippen LogP contribution in [0, 0.1) is 11.3 Å². The lowest BCUT2D eigenvalue weighted by molar-refractivity contribution is -0.208. The lowest BCUT2D eigenvalue weighted by Crippen LogP contribution is -2.63. The molecule has 1 amide bonds. The highest BCUT2D eigenvalue weighted by molar-refractivity contribution is 5.92. The van der Waals surface area contributed by atoms with E-state index in [1.807, 2.05) is 0 Å². The molecule has 2 heterocycles. The number of nitrogens with two attached hydrogens (primary N) is 1. The molecule has 1 saturated carbocycles. The van der Waals surface area contributed by atoms with Crippen LogP contribution in [0.3, 0.4) is 0 Å². The lowest BCUT2D eigenvalue weighted by Gasteiger charge is -2.56. The molecule has 0 bridgehead atoms. The van der Waals surface area contributed by atoms with E-state index in [1.165, 1.54) is 0 Å². The number of nitrogens with one attached hydrogen (secondary N) is 1. The van der Waals surface area contributed by atoms with Crippen molar-refractivity contribution >= 4 is 5.91 Å². The number of aromatic nitrogens is 2. The Morgan fingerprint density at radius 3 is 2.78 bits per heavy atom. The van der Waals surface area contributed by atoms with Crippen LogP contribution >= 0.6 is 0 Å². The van der Waals surface area contributed by atoms with Crippen molar-refractivity contribution in [1.29, 1.82) is 0 Å². The van der Waals surface area contributed by atoms with Gasteiger partial charge in [-0.1, -0.05) is 13.8 Å². The number of carbonyl (C=O) groups is 1. The summed E-state index contributed by atoms with van der Waals surface area (Å²) < 4.78 is 5.79. The van der Waals surface area contributed by atoms with Crippen LogP contribution in [0.2, 0.25) is 0 Å². The van der Waals surface area contributed by atoms with Crippen LogP contribution in [0.5, 0.6) is 0 Å². The van der Waals surface area contributed by atoms with E-state index in [0.29, 0.717) is 57.8 Å². The van der Waals surface area contributed by atoms with E-state index in [1.54, 1.807) is 11.0 Å². The minimum absolute atomic E-state index is 0.00337. The molecule has 2 atom stereocenters. The Morgan fingerprint density at radius 2 is 2.19 bits per heavy atom. The van der Waals surface area contributed by atoms with Gasteiger partial charge in [0.25, 0.3) is 5.91 Å². The van der Waals surface area contributed by atoms with Crippen LogP contribution in [0.1, 0.15) is 49.3 Å². The summed E-state index contributed by atoms with van der Waals surface area (Å²) in [6.45, 7) is 6.09. The number of ether oxygens (including phenoxy) is 1. The molecular weight excluding hydrogens is 348 g/mol. The molecule has 1 aromatic rings. The number of rotatable bonds is 6. The van der Waals surface area contributed by atoms with Gasteiger partial charge in [-0.2, -0.15) is 4.98 Å². The average Bonchev–Trinajstić information content (AvgIpc) is 2.63. The van der Waals surface area contributed by atoms with Gasteiger partial charge in [0.05, 0.1) is 18.8 Å². The number of amides is 1. The van der Waals surface area contributed by atoms with Gasteiger partial charge in [-0.25, -0.2) is 4.79 Å². The monoisotopic (exact) mass is 378 g/mol. The molecule has 0 radical (unpaired) electrons. The van der Waals surface area contributed by atoms with Crippen molar-refractivity contribution in [2.45, 2.75) is 51.7 Å². The van der Waals surface area contributed by atoms with Crippen LogP contribution in [-0.4, -0.2) is 64.3 Å². The summed E-state index contributed by atoms with van der Waals surface area (Å²) in [5.41, 5.74) is 5.66. The van der Waals surface area contributed by atoms with Crippen LogP contribution in [0.4, 0.5) is 0 Å². The quantitative estimate of drug-likeness (QED) is 0.654. The van der Waals surface area contributed by atoms with E-state index < -0.39 is 11.8 Å². The average molecular weight is 378 g/mol. The summed E-state index contributed by atoms with van der Waals surface area (Å²) >= 11 is 0. The molecule has 1 spiro atoms. The predicted octanol–water partition coefficient (Wildman–Crippen LogP) is 0.299. The minimum Gasteiger partial charge on any atom is -0.392 e. The number of likely N-dealkylation sites (tertiary alicyclic amines) is 1. The van der Waals surface area contributed by atoms with Gasteiger partial charge >= 0.3 is 5.69 Å². The van der Waals surface area contributed by atoms with Crippen LogP contribution in [0.15, 0.2) is 10.9 Å². The third-order valence-corrected chi connectivity index (χ3v) is 5.81. The van der Waals surface area contributed by atoms with Crippen molar-refractivity contribution in [1.82, 2.24) is 14.9 Å². The normalized spacial score (nSPS) is 24.3. The zero-order valence-corrected chi connectivity index (χ0v) is 16.1. The van der Waals surface area contributed by atoms with Crippen LogP contribution < -0.4 is 11.4 Å². The number of nitrogens with zero attached hydrogens (tertiary/aromatic N) is 2. The van der Waals surface area contributed by atoms with Crippen molar-refractivity contribution in [2.75, 3.05) is 26.2 Å². The molecule has 1 aliphatic carbocycles. The summed E-state index contributed by atoms with van der Waals surface area (Å²) in [5, 5.41) is 10.3. The standard InChI is InChI=1S/C19H30N4O4/c1-12(2)9-13-10-14(22-18(26)21-13)17(25)23-6-3-19(4-7-23)15(24)11-16(19)27-8-5-20/h10,12,15-16,24H,3-9,11,20H2,1-2H3,(H,21,22,26)/t15-,16+/m0/s1. The Hall–Kier alpha value is -1.77. The third kappa shape index (κ3) is 4.07. The second-order valence-corrected chi connectivity index (χ2v) is 8.12. The number of hydrogen-bond donors (Lipinski definition) is 3. The molecule has 150 valence electrons. The van der Waals surface area contributed by atoms with E-state index in [4.69, 9.17) is 10.5 Å². The van der Waals surface area contributed by atoms with Crippen molar-refractivity contribution in [3.8, 4) is 0 Å². The van der Waals surface area contributed by atoms with E-state index in [2.05, 4.69) is 23.8 Å². The number of aliphatic hydroxyl groups is 1. The highest BCUT2D eigenvalue weighted by Crippen LogP contribution is 2.51. The van der Waals surface area contributed by atoms with Gasteiger partial charge in [0.1, 0.15) is 5.69 Å². The molecule has 2 aliphatic rings. The molecule has 1 saturated heterocycles. The smallest absolute Gasteiger partial charge is 0.345 e. The van der Waals surface area contributed by atoms with E-state index >= 15 is 0 Å². The molecule has 1 aliphatic heterocycles. The van der Waals surface area contributed by atoms with Gasteiger partial charge in [-0.15, -0.1) is 0 Å². The summed E-state index contributed by atoms with van der Waals surface area (Å²) in [4.78, 5) is 33.0. The van der Waals surface area contributed by atoms with Crippen molar-refractivity contribution < 1.29 is 14.6 Å². The maximum absolute atomic E-state index is 12.8. The number of aromatic amines is 1. The summed E-state index contributed by atoms with van der Waals surface area (Å²) in [6, 6.07) is 1.68. The largest absolute Gasteiger partial charge is 0.392 e. The van der Waals surface area contributed by atoms with Crippen molar-refractivity contribution in [3.63, 3.8) is 0 Å². The number of H-pyrrole nitrogens is 1. The predicted molar refractivity (Wildman–Crippen MR) is 100 cm³/mol. The highest BCUT2D eigenvalue weighted by Gasteiger charge is 2.56. The zero-order valence-electron chi connectivity index (χ0n) is 16.1. The topological polar surface area (TPSA) is 122 Å². The van der Waals surface area contributed by atoms with Gasteiger partial charge < -0.3 is 25.5 Å². The fourth-order valence-corrected chi connectivity index (χ4v) is 4.28. The second kappa shape index (κ2) is 8.08. The summed E-state index contributed by atoms with van der Waals surface area (Å²) in [6.07, 6.45) is 2.28. The molecule has 0 aromatic carbocycles. The molecule has 27 heavy (non-hydrogen) atoms. The lowest BCUT2D eigenvalue weighted by atomic mass is 9.58. The Bertz CT molecular complexity index is 725. The van der Waals surface area contributed by atoms with E-state index in [0.717, 1.165) is 5.69 Å². The van der Waals surface area contributed by atoms with Gasteiger partial charge in [0.2, 0.25) is 0 Å². The zero-order chi connectivity index (χ0) is 19.6. The third-order valence-electron chi connectivity index (χ3n) is 5.81. The van der Waals surface area contributed by atoms with E-state index in [-0.39, 0.29) is 23.1 Å². The van der Waals surface area contributed by atoms with Crippen molar-refractivity contribution in [2.24, 2.45) is 17.1 Å². The van der Waals surface area contributed by atoms with Gasteiger partial charge in [0, 0.05) is 37.2 Å². The Kier molecular flexibility index (Phi) is 5.98. The first-order valence-corrected chi connectivity index (χ1v) is 9.75. The first-order valence-electron chi connectivity index (χ1n) is 9.75. The van der Waals surface area contributed by atoms with Gasteiger partial charge in [0.15, 0.2) is 0 Å². The molecule has 0 unspecified atom stereocenters. The molecule has 4 N–H and O–H groups in total. The number of piperidine rings is 1. The molecular formula is C19H30N4O4. The number of aliphatic hydroxyl groups excluding tert-OH is 1. The summed E-state index contributed by atoms with van der Waals surface area (Å²) in [7, 11) is 0. The Morgan fingerprint density at radius 1 is 1.48 bits per heavy atom. The van der Waals surface area contributed by atoms with Crippen molar-refractivity contribution in [3.05, 3.63) is 27.9 Å². The van der Waals surface area contributed by atoms with E-state index in [9.17, 15) is 14.7 Å². The SMILES string of the molecule is CC(C)Cc1cc(C(=O)N2CCC3(CC2)[C@@H](O)C[C@H]3OCCN)nc(=O)[nH]1. The second-order valence-electron chi connectivity index (χ2n) is 8.12. The highest BCUT2D eigenvalue weighted by atomic mass is 16.5. The minimum atomic E-state index is -0.491. The molecule has 3 rings (SSSR count). The first-order chi connectivity index (χ1) is 12.9. The summed E-state index contributed by atoms with van der Waals surface area (Å²) in [5.74, 6) is 0.139. The van der Waals surface area contributed by atoms with Gasteiger partial charge in [-0.3, -0.25) is 4.79 Å². The van der Waals surface area contributed by atoms with Crippen LogP contribution in [0.25, 0.3) is 0 Å². The van der Waals surface area contributed by atoms with Gasteiger partial charge in [-0.05, 0) is 31.2 Å².